The summed E-state index contributed by atoms with van der Waals surface area (Å²) in [7, 11) is 0. The van der Waals surface area contributed by atoms with Crippen molar-refractivity contribution in [2.24, 2.45) is 5.73 Å². The van der Waals surface area contributed by atoms with Gasteiger partial charge in [-0.3, -0.25) is 0 Å². The molecular formula is C13H19ClN2O3. The second-order valence-corrected chi connectivity index (χ2v) is 4.51. The third-order valence-corrected chi connectivity index (χ3v) is 3.08. The average molecular weight is 287 g/mol. The number of amides is 1. The van der Waals surface area contributed by atoms with E-state index in [0.717, 1.165) is 5.56 Å². The average Bonchev–Trinajstić information content (AvgIpc) is 2.40. The molecule has 106 valence electrons. The quantitative estimate of drug-likeness (QED) is 0.855. The first-order chi connectivity index (χ1) is 8.66. The lowest BCUT2D eigenvalue weighted by molar-refractivity contribution is 0.0441. The predicted molar refractivity (Wildman–Crippen MR) is 74.0 cm³/mol. The molecular weight excluding hydrogens is 268 g/mol. The zero-order valence-electron chi connectivity index (χ0n) is 10.6. The number of nitrogens with zero attached hydrogens (tertiary/aromatic N) is 1. The Hall–Kier alpha value is -1.30. The molecule has 1 amide bonds. The van der Waals surface area contributed by atoms with Gasteiger partial charge < -0.3 is 20.5 Å². The fraction of sp³-hybridized carbons (Fsp3) is 0.462. The number of rotatable bonds is 2. The topological polar surface area (TPSA) is 75.8 Å². The molecule has 1 heterocycles. The Kier molecular flexibility index (Phi) is 6.08. The van der Waals surface area contributed by atoms with Crippen molar-refractivity contribution in [2.45, 2.75) is 25.2 Å². The summed E-state index contributed by atoms with van der Waals surface area (Å²) < 4.78 is 5.20. The molecule has 2 atom stereocenters. The van der Waals surface area contributed by atoms with Gasteiger partial charge in [-0.05, 0) is 12.0 Å². The number of ether oxygens (including phenoxy) is 1. The minimum Gasteiger partial charge on any atom is -0.445 e. The molecule has 1 aromatic carbocycles. The minimum atomic E-state index is -0.525. The molecule has 0 bridgehead atoms. The van der Waals surface area contributed by atoms with E-state index in [2.05, 4.69) is 0 Å². The van der Waals surface area contributed by atoms with Gasteiger partial charge in [0.05, 0.1) is 6.10 Å². The lowest BCUT2D eigenvalue weighted by atomic mass is 10.0. The molecule has 19 heavy (non-hydrogen) atoms. The number of hydrogen-bond acceptors (Lipinski definition) is 4. The molecule has 0 saturated carbocycles. The monoisotopic (exact) mass is 286 g/mol. The molecule has 1 aliphatic heterocycles. The summed E-state index contributed by atoms with van der Waals surface area (Å²) in [5, 5.41) is 9.48. The number of nitrogens with two attached hydrogens (primary N) is 1. The summed E-state index contributed by atoms with van der Waals surface area (Å²) in [5.74, 6) is 0. The highest BCUT2D eigenvalue weighted by Crippen LogP contribution is 2.11. The molecule has 2 rings (SSSR count). The van der Waals surface area contributed by atoms with Crippen LogP contribution in [-0.4, -0.2) is 41.3 Å². The van der Waals surface area contributed by atoms with Crippen molar-refractivity contribution in [1.82, 2.24) is 4.90 Å². The van der Waals surface area contributed by atoms with Gasteiger partial charge in [-0.2, -0.15) is 0 Å². The normalized spacial score (nSPS) is 22.5. The van der Waals surface area contributed by atoms with Gasteiger partial charge in [0.15, 0.2) is 0 Å². The number of aliphatic hydroxyl groups is 1. The lowest BCUT2D eigenvalue weighted by Crippen LogP contribution is -2.53. The molecule has 3 N–H and O–H groups in total. The second-order valence-electron chi connectivity index (χ2n) is 4.51. The number of hydrogen-bond donors (Lipinski definition) is 2. The van der Waals surface area contributed by atoms with E-state index in [0.29, 0.717) is 19.5 Å². The fourth-order valence-corrected chi connectivity index (χ4v) is 1.95. The van der Waals surface area contributed by atoms with E-state index in [4.69, 9.17) is 10.5 Å². The van der Waals surface area contributed by atoms with Gasteiger partial charge in [0.2, 0.25) is 0 Å². The van der Waals surface area contributed by atoms with Crippen LogP contribution in [0.1, 0.15) is 12.0 Å². The lowest BCUT2D eigenvalue weighted by Gasteiger charge is -2.33. The smallest absolute Gasteiger partial charge is 0.410 e. The number of halogens is 1. The highest BCUT2D eigenvalue weighted by atomic mass is 35.5. The van der Waals surface area contributed by atoms with Crippen molar-refractivity contribution < 1.29 is 14.6 Å². The summed E-state index contributed by atoms with van der Waals surface area (Å²) in [6.45, 7) is 1.09. The van der Waals surface area contributed by atoms with Gasteiger partial charge in [0.1, 0.15) is 6.61 Å². The maximum Gasteiger partial charge on any atom is 0.410 e. The van der Waals surface area contributed by atoms with Crippen LogP contribution >= 0.6 is 12.4 Å². The van der Waals surface area contributed by atoms with Crippen LogP contribution in [0.15, 0.2) is 30.3 Å². The first-order valence-electron chi connectivity index (χ1n) is 6.06. The standard InChI is InChI=1S/C13H18N2O3.ClH/c14-11-8-15(7-6-12(11)16)13(17)18-9-10-4-2-1-3-5-10;/h1-5,11-12,16H,6-9,14H2;1H/t11-,12+;/m1./s1. The van der Waals surface area contributed by atoms with Gasteiger partial charge >= 0.3 is 6.09 Å². The molecule has 0 unspecified atom stereocenters. The highest BCUT2D eigenvalue weighted by Gasteiger charge is 2.28. The van der Waals surface area contributed by atoms with Gasteiger partial charge in [-0.1, -0.05) is 30.3 Å². The van der Waals surface area contributed by atoms with E-state index >= 15 is 0 Å². The van der Waals surface area contributed by atoms with Crippen molar-refractivity contribution in [2.75, 3.05) is 13.1 Å². The first kappa shape index (κ1) is 15.8. The molecule has 1 aromatic rings. The van der Waals surface area contributed by atoms with E-state index in [1.165, 1.54) is 0 Å². The SMILES string of the molecule is Cl.N[C@@H]1CN(C(=O)OCc2ccccc2)CC[C@@H]1O. The summed E-state index contributed by atoms with van der Waals surface area (Å²) in [5.41, 5.74) is 6.67. The Labute approximate surface area is 118 Å². The summed E-state index contributed by atoms with van der Waals surface area (Å²) in [6.07, 6.45) is -0.397. The third-order valence-electron chi connectivity index (χ3n) is 3.08. The number of aliphatic hydroxyl groups excluding tert-OH is 1. The van der Waals surface area contributed by atoms with Crippen LogP contribution in [0.3, 0.4) is 0 Å². The van der Waals surface area contributed by atoms with Crippen molar-refractivity contribution in [3.05, 3.63) is 35.9 Å². The van der Waals surface area contributed by atoms with Crippen LogP contribution < -0.4 is 5.73 Å². The molecule has 1 aliphatic rings. The predicted octanol–water partition coefficient (Wildman–Crippen LogP) is 1.14. The Morgan fingerprint density at radius 2 is 2.11 bits per heavy atom. The third kappa shape index (κ3) is 4.38. The van der Waals surface area contributed by atoms with Crippen molar-refractivity contribution in [3.8, 4) is 0 Å². The van der Waals surface area contributed by atoms with Gasteiger partial charge in [0, 0.05) is 19.1 Å². The van der Waals surface area contributed by atoms with E-state index < -0.39 is 6.10 Å². The minimum absolute atomic E-state index is 0. The molecule has 0 radical (unpaired) electrons. The van der Waals surface area contributed by atoms with E-state index in [1.807, 2.05) is 30.3 Å². The van der Waals surface area contributed by atoms with Crippen molar-refractivity contribution in [1.29, 1.82) is 0 Å². The molecule has 0 aliphatic carbocycles. The molecule has 0 aromatic heterocycles. The Morgan fingerprint density at radius 1 is 1.42 bits per heavy atom. The molecule has 1 fully saturated rings. The first-order valence-corrected chi connectivity index (χ1v) is 6.06. The number of carbonyl (C=O) groups excluding carboxylic acids is 1. The van der Waals surface area contributed by atoms with E-state index in [9.17, 15) is 9.90 Å². The number of benzene rings is 1. The Morgan fingerprint density at radius 3 is 2.74 bits per heavy atom. The summed E-state index contributed by atoms with van der Waals surface area (Å²) >= 11 is 0. The highest BCUT2D eigenvalue weighted by molar-refractivity contribution is 5.85. The van der Waals surface area contributed by atoms with Crippen LogP contribution in [0.2, 0.25) is 0 Å². The van der Waals surface area contributed by atoms with Crippen molar-refractivity contribution >= 4 is 18.5 Å². The Bertz CT molecular complexity index is 402. The number of likely N-dealkylation sites (tertiary alicyclic amines) is 1. The summed E-state index contributed by atoms with van der Waals surface area (Å²) in [4.78, 5) is 13.3. The molecule has 5 nitrogen and oxygen atoms in total. The number of piperidine rings is 1. The maximum absolute atomic E-state index is 11.8. The van der Waals surface area contributed by atoms with Gasteiger partial charge in [0.25, 0.3) is 0 Å². The van der Waals surface area contributed by atoms with Crippen LogP contribution in [-0.2, 0) is 11.3 Å². The number of carbonyl (C=O) groups is 1. The maximum atomic E-state index is 11.8. The van der Waals surface area contributed by atoms with Crippen molar-refractivity contribution in [3.63, 3.8) is 0 Å². The zero-order valence-corrected chi connectivity index (χ0v) is 11.4. The van der Waals surface area contributed by atoms with Crippen LogP contribution in [0, 0.1) is 0 Å². The van der Waals surface area contributed by atoms with Gasteiger partial charge in [-0.15, -0.1) is 12.4 Å². The van der Waals surface area contributed by atoms with Gasteiger partial charge in [-0.25, -0.2) is 4.79 Å². The summed E-state index contributed by atoms with van der Waals surface area (Å²) in [6, 6.07) is 9.13. The Balaban J connectivity index is 0.00000180. The zero-order chi connectivity index (χ0) is 13.0. The van der Waals surface area contributed by atoms with Crippen LogP contribution in [0.4, 0.5) is 4.79 Å². The largest absolute Gasteiger partial charge is 0.445 e. The van der Waals surface area contributed by atoms with Crippen LogP contribution in [0.25, 0.3) is 0 Å². The van der Waals surface area contributed by atoms with E-state index in [1.54, 1.807) is 4.90 Å². The molecule has 0 spiro atoms. The molecule has 6 heteroatoms. The van der Waals surface area contributed by atoms with E-state index in [-0.39, 0.29) is 31.1 Å². The second kappa shape index (κ2) is 7.33. The molecule has 1 saturated heterocycles. The fourth-order valence-electron chi connectivity index (χ4n) is 1.95. The van der Waals surface area contributed by atoms with Crippen LogP contribution in [0.5, 0.6) is 0 Å².